The van der Waals surface area contributed by atoms with Crippen LogP contribution in [0.2, 0.25) is 0 Å². The molecule has 1 aromatic carbocycles. The largest absolute Gasteiger partial charge is 0.399 e. The van der Waals surface area contributed by atoms with Crippen molar-refractivity contribution in [1.82, 2.24) is 24.9 Å². The normalized spacial score (nSPS) is 10.7. The van der Waals surface area contributed by atoms with Crippen molar-refractivity contribution in [2.75, 3.05) is 5.73 Å². The Kier molecular flexibility index (Phi) is 2.49. The van der Waals surface area contributed by atoms with Crippen LogP contribution >= 0.6 is 0 Å². The van der Waals surface area contributed by atoms with Crippen LogP contribution in [-0.2, 0) is 6.54 Å². The Morgan fingerprint density at radius 2 is 2.28 bits per heavy atom. The van der Waals surface area contributed by atoms with Gasteiger partial charge in [-0.3, -0.25) is 0 Å². The average Bonchev–Trinajstić information content (AvgIpc) is 3.01. The number of anilines is 1. The first-order valence-corrected chi connectivity index (χ1v) is 5.32. The van der Waals surface area contributed by atoms with E-state index in [1.54, 1.807) is 23.1 Å². The van der Waals surface area contributed by atoms with Crippen LogP contribution < -0.4 is 5.73 Å². The third-order valence-electron chi connectivity index (χ3n) is 2.38. The fourth-order valence-corrected chi connectivity index (χ4v) is 1.57. The van der Waals surface area contributed by atoms with Crippen molar-refractivity contribution in [3.8, 4) is 11.4 Å². The fraction of sp³-hybridized carbons (Fsp3) is 0.0909. The SMILES string of the molecule is Nc1cccc(-c2noc(Cn3cncn3)n2)c1. The first-order valence-electron chi connectivity index (χ1n) is 5.32. The molecule has 0 amide bonds. The molecule has 0 unspecified atom stereocenters. The third-order valence-corrected chi connectivity index (χ3v) is 2.38. The minimum atomic E-state index is 0.398. The van der Waals surface area contributed by atoms with Gasteiger partial charge in [0.2, 0.25) is 11.7 Å². The Hall–Kier alpha value is -2.70. The van der Waals surface area contributed by atoms with Crippen LogP contribution in [0.15, 0.2) is 41.4 Å². The summed E-state index contributed by atoms with van der Waals surface area (Å²) in [6.07, 6.45) is 3.04. The van der Waals surface area contributed by atoms with Gasteiger partial charge in [-0.2, -0.15) is 10.1 Å². The topological polar surface area (TPSA) is 95.7 Å². The Labute approximate surface area is 102 Å². The van der Waals surface area contributed by atoms with Crippen LogP contribution in [-0.4, -0.2) is 24.9 Å². The molecule has 3 rings (SSSR count). The molecule has 2 aromatic heterocycles. The lowest BCUT2D eigenvalue weighted by molar-refractivity contribution is 0.366. The minimum absolute atomic E-state index is 0.398. The molecule has 7 heteroatoms. The van der Waals surface area contributed by atoms with Crippen molar-refractivity contribution in [1.29, 1.82) is 0 Å². The molecule has 0 aliphatic carbocycles. The molecule has 90 valence electrons. The summed E-state index contributed by atoms with van der Waals surface area (Å²) in [6, 6.07) is 7.32. The molecule has 2 N–H and O–H groups in total. The molecule has 0 saturated carbocycles. The zero-order valence-corrected chi connectivity index (χ0v) is 9.39. The van der Waals surface area contributed by atoms with Crippen molar-refractivity contribution >= 4 is 5.69 Å². The number of nitrogens with two attached hydrogens (primary N) is 1. The average molecular weight is 242 g/mol. The Morgan fingerprint density at radius 3 is 3.06 bits per heavy atom. The van der Waals surface area contributed by atoms with Crippen LogP contribution in [0, 0.1) is 0 Å². The molecule has 3 aromatic rings. The molecule has 18 heavy (non-hydrogen) atoms. The lowest BCUT2D eigenvalue weighted by Crippen LogP contribution is -1.99. The van der Waals surface area contributed by atoms with Crippen molar-refractivity contribution in [3.63, 3.8) is 0 Å². The summed E-state index contributed by atoms with van der Waals surface area (Å²) >= 11 is 0. The number of rotatable bonds is 3. The molecule has 0 aliphatic rings. The zero-order valence-electron chi connectivity index (χ0n) is 9.39. The fourth-order valence-electron chi connectivity index (χ4n) is 1.57. The van der Waals surface area contributed by atoms with Gasteiger partial charge in [-0.15, -0.1) is 0 Å². The van der Waals surface area contributed by atoms with E-state index >= 15 is 0 Å². The Bertz CT molecular complexity index is 645. The van der Waals surface area contributed by atoms with Gasteiger partial charge in [0.05, 0.1) is 0 Å². The summed E-state index contributed by atoms with van der Waals surface area (Å²) in [7, 11) is 0. The maximum absolute atomic E-state index is 5.70. The summed E-state index contributed by atoms with van der Waals surface area (Å²) in [5, 5.41) is 7.87. The molecular weight excluding hydrogens is 232 g/mol. The molecular formula is C11H10N6O. The smallest absolute Gasteiger partial charge is 0.248 e. The van der Waals surface area contributed by atoms with E-state index in [1.165, 1.54) is 6.33 Å². The van der Waals surface area contributed by atoms with E-state index in [4.69, 9.17) is 10.3 Å². The second kappa shape index (κ2) is 4.28. The first-order chi connectivity index (χ1) is 8.81. The summed E-state index contributed by atoms with van der Waals surface area (Å²) in [4.78, 5) is 8.11. The van der Waals surface area contributed by atoms with Gasteiger partial charge in [-0.1, -0.05) is 17.3 Å². The molecule has 0 atom stereocenters. The number of benzene rings is 1. The third kappa shape index (κ3) is 2.05. The predicted molar refractivity (Wildman–Crippen MR) is 63.3 cm³/mol. The summed E-state index contributed by atoms with van der Waals surface area (Å²) in [6.45, 7) is 0.398. The number of nitrogen functional groups attached to an aromatic ring is 1. The molecule has 0 aliphatic heterocycles. The van der Waals surface area contributed by atoms with Crippen LogP contribution in [0.4, 0.5) is 5.69 Å². The van der Waals surface area contributed by atoms with Gasteiger partial charge in [-0.25, -0.2) is 9.67 Å². The van der Waals surface area contributed by atoms with Crippen LogP contribution in [0.3, 0.4) is 0 Å². The molecule has 0 saturated heterocycles. The quantitative estimate of drug-likeness (QED) is 0.687. The second-order valence-electron chi connectivity index (χ2n) is 3.73. The maximum Gasteiger partial charge on any atom is 0.248 e. The van der Waals surface area contributed by atoms with Crippen molar-refractivity contribution in [2.45, 2.75) is 6.54 Å². The zero-order chi connectivity index (χ0) is 12.4. The van der Waals surface area contributed by atoms with E-state index in [1.807, 2.05) is 12.1 Å². The predicted octanol–water partition coefficient (Wildman–Crippen LogP) is 0.959. The van der Waals surface area contributed by atoms with Gasteiger partial charge in [0.15, 0.2) is 0 Å². The lowest BCUT2D eigenvalue weighted by Gasteiger charge is -1.95. The summed E-state index contributed by atoms with van der Waals surface area (Å²) in [5.74, 6) is 0.982. The minimum Gasteiger partial charge on any atom is -0.399 e. The van der Waals surface area contributed by atoms with Crippen molar-refractivity contribution in [2.24, 2.45) is 0 Å². The highest BCUT2D eigenvalue weighted by molar-refractivity contribution is 5.60. The van der Waals surface area contributed by atoms with Gasteiger partial charge in [0, 0.05) is 11.3 Å². The molecule has 7 nitrogen and oxygen atoms in total. The molecule has 0 fully saturated rings. The lowest BCUT2D eigenvalue weighted by atomic mass is 10.2. The van der Waals surface area contributed by atoms with Gasteiger partial charge < -0.3 is 10.3 Å². The number of aromatic nitrogens is 5. The summed E-state index contributed by atoms with van der Waals surface area (Å²) in [5.41, 5.74) is 7.19. The van der Waals surface area contributed by atoms with Crippen LogP contribution in [0.25, 0.3) is 11.4 Å². The highest BCUT2D eigenvalue weighted by atomic mass is 16.5. The standard InChI is InChI=1S/C11H10N6O/c12-9-3-1-2-8(4-9)11-15-10(18-16-11)5-17-7-13-6-14-17/h1-4,6-7H,5,12H2. The molecule has 2 heterocycles. The van der Waals surface area contributed by atoms with E-state index in [-0.39, 0.29) is 0 Å². The van der Waals surface area contributed by atoms with Crippen LogP contribution in [0.5, 0.6) is 0 Å². The van der Waals surface area contributed by atoms with Gasteiger partial charge >= 0.3 is 0 Å². The maximum atomic E-state index is 5.70. The molecule has 0 spiro atoms. The van der Waals surface area contributed by atoms with E-state index < -0.39 is 0 Å². The highest BCUT2D eigenvalue weighted by Gasteiger charge is 2.09. The highest BCUT2D eigenvalue weighted by Crippen LogP contribution is 2.18. The number of hydrogen-bond acceptors (Lipinski definition) is 6. The van der Waals surface area contributed by atoms with Gasteiger partial charge in [0.25, 0.3) is 0 Å². The van der Waals surface area contributed by atoms with Crippen LogP contribution in [0.1, 0.15) is 5.89 Å². The molecule has 0 bridgehead atoms. The van der Waals surface area contributed by atoms with E-state index in [2.05, 4.69) is 20.2 Å². The number of nitrogens with zero attached hydrogens (tertiary/aromatic N) is 5. The number of hydrogen-bond donors (Lipinski definition) is 1. The Balaban J connectivity index is 1.85. The van der Waals surface area contributed by atoms with E-state index in [0.29, 0.717) is 23.9 Å². The van der Waals surface area contributed by atoms with Gasteiger partial charge in [0.1, 0.15) is 19.2 Å². The van der Waals surface area contributed by atoms with E-state index in [0.717, 1.165) is 5.56 Å². The van der Waals surface area contributed by atoms with Crippen molar-refractivity contribution < 1.29 is 4.52 Å². The monoisotopic (exact) mass is 242 g/mol. The van der Waals surface area contributed by atoms with Gasteiger partial charge in [-0.05, 0) is 12.1 Å². The van der Waals surface area contributed by atoms with E-state index in [9.17, 15) is 0 Å². The first kappa shape index (κ1) is 10.5. The molecule has 0 radical (unpaired) electrons. The summed E-state index contributed by atoms with van der Waals surface area (Å²) < 4.78 is 6.75. The Morgan fingerprint density at radius 1 is 1.33 bits per heavy atom. The second-order valence-corrected chi connectivity index (χ2v) is 3.73. The van der Waals surface area contributed by atoms with Crippen molar-refractivity contribution in [3.05, 3.63) is 42.8 Å².